The van der Waals surface area contributed by atoms with Gasteiger partial charge >= 0.3 is 0 Å². The normalized spacial score (nSPS) is 20.1. The van der Waals surface area contributed by atoms with Crippen LogP contribution in [0.3, 0.4) is 0 Å². The molecule has 0 bridgehead atoms. The van der Waals surface area contributed by atoms with Crippen molar-refractivity contribution in [2.75, 3.05) is 39.7 Å². The third-order valence-corrected chi connectivity index (χ3v) is 6.48. The summed E-state index contributed by atoms with van der Waals surface area (Å²) < 4.78 is 11.2. The highest BCUT2D eigenvalue weighted by atomic mass is 16.5. The molecule has 0 aliphatic carbocycles. The second kappa shape index (κ2) is 9.74. The van der Waals surface area contributed by atoms with Crippen molar-refractivity contribution in [1.29, 1.82) is 0 Å². The first kappa shape index (κ1) is 22.3. The number of unbranched alkanes of at least 4 members (excludes halogenated alkanes) is 1. The van der Waals surface area contributed by atoms with Gasteiger partial charge in [0, 0.05) is 35.7 Å². The molecule has 1 saturated heterocycles. The summed E-state index contributed by atoms with van der Waals surface area (Å²) in [6, 6.07) is 12.4. The molecule has 1 amide bonds. The van der Waals surface area contributed by atoms with Gasteiger partial charge in [0.05, 0.1) is 26.0 Å². The Morgan fingerprint density at radius 3 is 2.56 bits per heavy atom. The van der Waals surface area contributed by atoms with Crippen LogP contribution in [0, 0.1) is 0 Å². The van der Waals surface area contributed by atoms with Crippen LogP contribution in [0.1, 0.15) is 55.2 Å². The largest absolute Gasteiger partial charge is 0.493 e. The number of aliphatic imine (C=N–C) groups is 1. The van der Waals surface area contributed by atoms with Crippen molar-refractivity contribution in [2.24, 2.45) is 4.99 Å². The molecule has 0 radical (unpaired) electrons. The van der Waals surface area contributed by atoms with Crippen molar-refractivity contribution < 1.29 is 14.3 Å². The molecular weight excluding hydrogens is 402 g/mol. The minimum absolute atomic E-state index is 0.0611. The molecule has 4 rings (SSSR count). The molecule has 2 aliphatic rings. The molecule has 2 atom stereocenters. The monoisotopic (exact) mass is 435 g/mol. The van der Waals surface area contributed by atoms with Crippen LogP contribution in [-0.4, -0.2) is 56.9 Å². The van der Waals surface area contributed by atoms with E-state index in [4.69, 9.17) is 14.5 Å². The van der Waals surface area contributed by atoms with Crippen LogP contribution in [-0.2, 0) is 4.79 Å². The predicted molar refractivity (Wildman–Crippen MR) is 128 cm³/mol. The van der Waals surface area contributed by atoms with Gasteiger partial charge < -0.3 is 19.7 Å². The lowest BCUT2D eigenvalue weighted by molar-refractivity contribution is -0.116. The number of ether oxygens (including phenoxy) is 2. The number of nitrogens with zero attached hydrogens (tertiary/aromatic N) is 2. The topological polar surface area (TPSA) is 63.2 Å². The van der Waals surface area contributed by atoms with Gasteiger partial charge in [-0.1, -0.05) is 25.5 Å². The van der Waals surface area contributed by atoms with E-state index >= 15 is 0 Å². The molecule has 170 valence electrons. The number of piperidine rings is 1. The number of benzene rings is 2. The Labute approximate surface area is 190 Å². The minimum Gasteiger partial charge on any atom is -0.493 e. The van der Waals surface area contributed by atoms with Crippen LogP contribution in [0.4, 0.5) is 5.69 Å². The smallest absolute Gasteiger partial charge is 0.224 e. The number of likely N-dealkylation sites (N-methyl/N-ethyl adjacent to an activating group) is 1. The summed E-state index contributed by atoms with van der Waals surface area (Å²) in [7, 11) is 5.51. The van der Waals surface area contributed by atoms with Gasteiger partial charge in [-0.3, -0.25) is 9.79 Å². The molecule has 1 N–H and O–H groups in total. The molecule has 2 aliphatic heterocycles. The summed E-state index contributed by atoms with van der Waals surface area (Å²) >= 11 is 0. The number of likely N-dealkylation sites (tertiary alicyclic amines) is 1. The summed E-state index contributed by atoms with van der Waals surface area (Å²) in [6.45, 7) is 4.11. The van der Waals surface area contributed by atoms with Crippen LogP contribution in [0.15, 0.2) is 41.4 Å². The molecule has 32 heavy (non-hydrogen) atoms. The Bertz CT molecular complexity index is 1000. The van der Waals surface area contributed by atoms with Crippen molar-refractivity contribution in [3.8, 4) is 11.5 Å². The second-order valence-electron chi connectivity index (χ2n) is 8.73. The van der Waals surface area contributed by atoms with E-state index in [2.05, 4.69) is 36.3 Å². The summed E-state index contributed by atoms with van der Waals surface area (Å²) in [5.41, 5.74) is 5.20. The lowest BCUT2D eigenvalue weighted by atomic mass is 9.79. The molecule has 6 heteroatoms. The maximum absolute atomic E-state index is 12.1. The summed E-state index contributed by atoms with van der Waals surface area (Å²) in [4.78, 5) is 19.7. The molecule has 1 fully saturated rings. The number of fused-ring (bicyclic) bond motifs is 3. The SMILES string of the molecule is CCCCC(=O)Nc1ccc(C2=N[C@@H]3CCN(C)C[C@@H]3c3cc(OC)c(OC)cc32)cc1. The number of anilines is 1. The van der Waals surface area contributed by atoms with Gasteiger partial charge in [0.2, 0.25) is 5.91 Å². The van der Waals surface area contributed by atoms with Gasteiger partial charge in [-0.2, -0.15) is 0 Å². The summed E-state index contributed by atoms with van der Waals surface area (Å²) in [6.07, 6.45) is 3.50. The predicted octanol–water partition coefficient (Wildman–Crippen LogP) is 4.47. The number of methoxy groups -OCH3 is 2. The van der Waals surface area contributed by atoms with E-state index in [-0.39, 0.29) is 11.9 Å². The zero-order valence-corrected chi connectivity index (χ0v) is 19.5. The number of carbonyl (C=O) groups excluding carboxylic acids is 1. The van der Waals surface area contributed by atoms with Crippen LogP contribution in [0.2, 0.25) is 0 Å². The minimum atomic E-state index is 0.0611. The molecule has 2 heterocycles. The third-order valence-electron chi connectivity index (χ3n) is 6.48. The Hall–Kier alpha value is -2.86. The number of amides is 1. The van der Waals surface area contributed by atoms with Crippen LogP contribution >= 0.6 is 0 Å². The average Bonchev–Trinajstić information content (AvgIpc) is 2.82. The highest BCUT2D eigenvalue weighted by molar-refractivity contribution is 6.15. The van der Waals surface area contributed by atoms with E-state index in [0.29, 0.717) is 18.1 Å². The van der Waals surface area contributed by atoms with Crippen molar-refractivity contribution in [3.63, 3.8) is 0 Å². The first-order chi connectivity index (χ1) is 15.5. The quantitative estimate of drug-likeness (QED) is 0.697. The lowest BCUT2D eigenvalue weighted by Crippen LogP contribution is -2.41. The number of hydrogen-bond donors (Lipinski definition) is 1. The standard InChI is InChI=1S/C26H33N3O3/c1-5-6-7-25(30)27-18-10-8-17(9-11-18)26-20-15-24(32-4)23(31-3)14-19(20)21-16-29(2)13-12-22(21)28-26/h8-11,14-15,21-22H,5-7,12-13,16H2,1-4H3,(H,27,30)/t21-,22-/m1/s1. The fourth-order valence-corrected chi connectivity index (χ4v) is 4.71. The van der Waals surface area contributed by atoms with E-state index in [9.17, 15) is 4.79 Å². The van der Waals surface area contributed by atoms with Gasteiger partial charge in [-0.25, -0.2) is 0 Å². The lowest BCUT2D eigenvalue weighted by Gasteiger charge is -2.39. The maximum atomic E-state index is 12.1. The molecule has 0 spiro atoms. The number of hydrogen-bond acceptors (Lipinski definition) is 5. The van der Waals surface area contributed by atoms with E-state index in [0.717, 1.165) is 60.6 Å². The molecule has 2 aromatic carbocycles. The van der Waals surface area contributed by atoms with Crippen molar-refractivity contribution in [2.45, 2.75) is 44.6 Å². The van der Waals surface area contributed by atoms with Crippen LogP contribution in [0.25, 0.3) is 0 Å². The Morgan fingerprint density at radius 2 is 1.88 bits per heavy atom. The molecule has 2 aromatic rings. The van der Waals surface area contributed by atoms with Gasteiger partial charge in [-0.15, -0.1) is 0 Å². The second-order valence-corrected chi connectivity index (χ2v) is 8.73. The Balaban J connectivity index is 1.69. The number of carbonyl (C=O) groups is 1. The maximum Gasteiger partial charge on any atom is 0.224 e. The van der Waals surface area contributed by atoms with Crippen LogP contribution in [0.5, 0.6) is 11.5 Å². The zero-order chi connectivity index (χ0) is 22.7. The van der Waals surface area contributed by atoms with Crippen LogP contribution < -0.4 is 14.8 Å². The molecule has 0 saturated carbocycles. The van der Waals surface area contributed by atoms with Crippen molar-refractivity contribution in [1.82, 2.24) is 4.90 Å². The van der Waals surface area contributed by atoms with Gasteiger partial charge in [0.15, 0.2) is 11.5 Å². The van der Waals surface area contributed by atoms with Gasteiger partial charge in [0.25, 0.3) is 0 Å². The molecular formula is C26H33N3O3. The van der Waals surface area contributed by atoms with E-state index in [1.165, 1.54) is 5.56 Å². The highest BCUT2D eigenvalue weighted by Gasteiger charge is 2.36. The van der Waals surface area contributed by atoms with E-state index in [1.54, 1.807) is 14.2 Å². The fourth-order valence-electron chi connectivity index (χ4n) is 4.71. The summed E-state index contributed by atoms with van der Waals surface area (Å²) in [5, 5.41) is 2.99. The van der Waals surface area contributed by atoms with E-state index in [1.807, 2.05) is 24.3 Å². The van der Waals surface area contributed by atoms with E-state index < -0.39 is 0 Å². The average molecular weight is 436 g/mol. The first-order valence-corrected chi connectivity index (χ1v) is 11.5. The zero-order valence-electron chi connectivity index (χ0n) is 19.5. The highest BCUT2D eigenvalue weighted by Crippen LogP contribution is 2.42. The number of rotatable bonds is 7. The Kier molecular flexibility index (Phi) is 6.80. The number of nitrogens with one attached hydrogen (secondary N) is 1. The molecule has 0 unspecified atom stereocenters. The van der Waals surface area contributed by atoms with Crippen molar-refractivity contribution in [3.05, 3.63) is 53.1 Å². The molecule has 6 nitrogen and oxygen atoms in total. The Morgan fingerprint density at radius 1 is 1.16 bits per heavy atom. The molecule has 0 aromatic heterocycles. The third kappa shape index (κ3) is 4.51. The fraction of sp³-hybridized carbons (Fsp3) is 0.462. The van der Waals surface area contributed by atoms with Gasteiger partial charge in [0.1, 0.15) is 0 Å². The first-order valence-electron chi connectivity index (χ1n) is 11.5. The van der Waals surface area contributed by atoms with Gasteiger partial charge in [-0.05, 0) is 56.3 Å². The van der Waals surface area contributed by atoms with Crippen molar-refractivity contribution >= 4 is 17.3 Å². The summed E-state index contributed by atoms with van der Waals surface area (Å²) in [5.74, 6) is 1.86.